The molecule has 0 amide bonds. The van der Waals surface area contributed by atoms with E-state index in [1.54, 1.807) is 6.20 Å². The summed E-state index contributed by atoms with van der Waals surface area (Å²) in [5, 5.41) is 0.524. The van der Waals surface area contributed by atoms with Gasteiger partial charge in [0.15, 0.2) is 0 Å². The molecule has 0 bridgehead atoms. The number of rotatable bonds is 2. The molecule has 0 aromatic carbocycles. The fourth-order valence-electron chi connectivity index (χ4n) is 1.85. The second-order valence-corrected chi connectivity index (χ2v) is 6.16. The van der Waals surface area contributed by atoms with Crippen molar-refractivity contribution in [1.29, 1.82) is 0 Å². The first kappa shape index (κ1) is 14.6. The number of aromatic nitrogens is 1. The Bertz CT molecular complexity index is 498. The SMILES string of the molecule is Cc1c(/C=C/B2OC(C)(C)C(C)(C)O2)ccnc1Cl. The summed E-state index contributed by atoms with van der Waals surface area (Å²) in [5.74, 6) is 1.91. The maximum absolute atomic E-state index is 5.99. The molecule has 19 heavy (non-hydrogen) atoms. The number of hydrogen-bond donors (Lipinski definition) is 0. The summed E-state index contributed by atoms with van der Waals surface area (Å²) >= 11 is 5.99. The molecule has 1 aliphatic heterocycles. The van der Waals surface area contributed by atoms with Gasteiger partial charge in [-0.15, -0.1) is 0 Å². The van der Waals surface area contributed by atoms with Crippen LogP contribution < -0.4 is 0 Å². The van der Waals surface area contributed by atoms with E-state index < -0.39 is 0 Å². The third-order valence-electron chi connectivity index (χ3n) is 3.89. The molecule has 0 atom stereocenters. The van der Waals surface area contributed by atoms with Gasteiger partial charge in [0.2, 0.25) is 0 Å². The Morgan fingerprint density at radius 3 is 2.37 bits per heavy atom. The molecule has 1 fully saturated rings. The Kier molecular flexibility index (Phi) is 3.78. The van der Waals surface area contributed by atoms with Gasteiger partial charge in [-0.05, 0) is 51.8 Å². The van der Waals surface area contributed by atoms with Crippen LogP contribution in [0.15, 0.2) is 18.2 Å². The zero-order chi connectivity index (χ0) is 14.3. The lowest BCUT2D eigenvalue weighted by Gasteiger charge is -2.32. The minimum atomic E-state index is -0.337. The van der Waals surface area contributed by atoms with E-state index in [4.69, 9.17) is 20.9 Å². The summed E-state index contributed by atoms with van der Waals surface area (Å²) in [6.07, 6.45) is 3.66. The van der Waals surface area contributed by atoms with Crippen LogP contribution >= 0.6 is 11.6 Å². The van der Waals surface area contributed by atoms with Crippen LogP contribution in [0.3, 0.4) is 0 Å². The molecule has 1 aliphatic rings. The lowest BCUT2D eigenvalue weighted by atomic mass is 9.89. The molecule has 2 heterocycles. The van der Waals surface area contributed by atoms with Crippen molar-refractivity contribution >= 4 is 24.8 Å². The summed E-state index contributed by atoms with van der Waals surface area (Å²) in [5.41, 5.74) is 1.35. The second kappa shape index (κ2) is 4.93. The smallest absolute Gasteiger partial charge is 0.400 e. The molecule has 0 unspecified atom stereocenters. The average Bonchev–Trinajstić information content (AvgIpc) is 2.50. The third kappa shape index (κ3) is 2.86. The van der Waals surface area contributed by atoms with Gasteiger partial charge in [-0.1, -0.05) is 23.7 Å². The minimum absolute atomic E-state index is 0.313. The zero-order valence-electron chi connectivity index (χ0n) is 12.0. The Morgan fingerprint density at radius 2 is 1.79 bits per heavy atom. The highest BCUT2D eigenvalue weighted by Gasteiger charge is 2.49. The quantitative estimate of drug-likeness (QED) is 0.611. The van der Waals surface area contributed by atoms with E-state index in [1.165, 1.54) is 0 Å². The fraction of sp³-hybridized carbons (Fsp3) is 0.500. The van der Waals surface area contributed by atoms with E-state index >= 15 is 0 Å². The average molecular weight is 280 g/mol. The molecule has 0 N–H and O–H groups in total. The topological polar surface area (TPSA) is 31.4 Å². The number of nitrogens with zero attached hydrogens (tertiary/aromatic N) is 1. The van der Waals surface area contributed by atoms with Crippen molar-refractivity contribution in [1.82, 2.24) is 4.98 Å². The van der Waals surface area contributed by atoms with Gasteiger partial charge in [-0.3, -0.25) is 0 Å². The first-order valence-corrected chi connectivity index (χ1v) is 6.76. The molecule has 0 radical (unpaired) electrons. The van der Waals surface area contributed by atoms with Crippen molar-refractivity contribution in [3.05, 3.63) is 34.5 Å². The van der Waals surface area contributed by atoms with Gasteiger partial charge in [0.05, 0.1) is 11.2 Å². The molecule has 0 aliphatic carbocycles. The van der Waals surface area contributed by atoms with Crippen LogP contribution in [0.4, 0.5) is 0 Å². The lowest BCUT2D eigenvalue weighted by Crippen LogP contribution is -2.41. The highest BCUT2D eigenvalue weighted by Crippen LogP contribution is 2.37. The van der Waals surface area contributed by atoms with E-state index in [0.717, 1.165) is 11.1 Å². The molecule has 2 rings (SSSR count). The molecular weight excluding hydrogens is 260 g/mol. The summed E-state index contributed by atoms with van der Waals surface area (Å²) in [4.78, 5) is 4.03. The van der Waals surface area contributed by atoms with Crippen molar-refractivity contribution in [2.24, 2.45) is 0 Å². The Morgan fingerprint density at radius 1 is 1.21 bits per heavy atom. The maximum atomic E-state index is 5.99. The van der Waals surface area contributed by atoms with E-state index in [9.17, 15) is 0 Å². The van der Waals surface area contributed by atoms with Crippen molar-refractivity contribution in [2.75, 3.05) is 0 Å². The molecule has 0 saturated carbocycles. The second-order valence-electron chi connectivity index (χ2n) is 5.80. The molecule has 1 aromatic heterocycles. The monoisotopic (exact) mass is 279 g/mol. The number of hydrogen-bond acceptors (Lipinski definition) is 3. The van der Waals surface area contributed by atoms with E-state index in [1.807, 2.05) is 52.7 Å². The highest BCUT2D eigenvalue weighted by molar-refractivity contribution is 6.52. The number of pyridine rings is 1. The number of halogens is 1. The maximum Gasteiger partial charge on any atom is 0.487 e. The summed E-state index contributed by atoms with van der Waals surface area (Å²) < 4.78 is 11.8. The van der Waals surface area contributed by atoms with E-state index in [2.05, 4.69) is 4.98 Å². The van der Waals surface area contributed by atoms with E-state index in [0.29, 0.717) is 5.15 Å². The molecule has 102 valence electrons. The predicted molar refractivity (Wildman–Crippen MR) is 79.1 cm³/mol. The minimum Gasteiger partial charge on any atom is -0.400 e. The highest BCUT2D eigenvalue weighted by atomic mass is 35.5. The predicted octanol–water partition coefficient (Wildman–Crippen LogP) is 3.69. The van der Waals surface area contributed by atoms with Crippen LogP contribution in [0.5, 0.6) is 0 Å². The Balaban J connectivity index is 2.15. The summed E-state index contributed by atoms with van der Waals surface area (Å²) in [7, 11) is -0.337. The lowest BCUT2D eigenvalue weighted by molar-refractivity contribution is 0.00578. The van der Waals surface area contributed by atoms with Gasteiger partial charge < -0.3 is 9.31 Å². The van der Waals surface area contributed by atoms with Crippen LogP contribution in [0.25, 0.3) is 6.08 Å². The van der Waals surface area contributed by atoms with Crippen molar-refractivity contribution in [2.45, 2.75) is 45.8 Å². The van der Waals surface area contributed by atoms with Crippen molar-refractivity contribution in [3.63, 3.8) is 0 Å². The molecule has 0 spiro atoms. The van der Waals surface area contributed by atoms with Crippen molar-refractivity contribution < 1.29 is 9.31 Å². The first-order chi connectivity index (χ1) is 8.73. The van der Waals surface area contributed by atoms with Gasteiger partial charge in [-0.2, -0.15) is 0 Å². The van der Waals surface area contributed by atoms with Crippen LogP contribution in [0, 0.1) is 6.92 Å². The zero-order valence-corrected chi connectivity index (χ0v) is 12.8. The molecule has 1 saturated heterocycles. The van der Waals surface area contributed by atoms with Crippen LogP contribution in [0.2, 0.25) is 5.15 Å². The Labute approximate surface area is 120 Å². The molecule has 1 aromatic rings. The molecule has 3 nitrogen and oxygen atoms in total. The largest absolute Gasteiger partial charge is 0.487 e. The van der Waals surface area contributed by atoms with Crippen molar-refractivity contribution in [3.8, 4) is 0 Å². The molecule has 5 heteroatoms. The fourth-order valence-corrected chi connectivity index (χ4v) is 2.02. The van der Waals surface area contributed by atoms with Gasteiger partial charge in [-0.25, -0.2) is 4.98 Å². The van der Waals surface area contributed by atoms with E-state index in [-0.39, 0.29) is 18.3 Å². The summed E-state index contributed by atoms with van der Waals surface area (Å²) in [6.45, 7) is 10.1. The van der Waals surface area contributed by atoms with Crippen LogP contribution in [-0.2, 0) is 9.31 Å². The van der Waals surface area contributed by atoms with Gasteiger partial charge in [0.25, 0.3) is 0 Å². The van der Waals surface area contributed by atoms with Gasteiger partial charge in [0, 0.05) is 6.20 Å². The third-order valence-corrected chi connectivity index (χ3v) is 4.27. The standard InChI is InChI=1S/C14H19BClNO2/c1-10-11(7-9-17-12(10)16)6-8-15-18-13(2,3)14(4,5)19-15/h6-9H,1-5H3/b8-6+. The van der Waals surface area contributed by atoms with Gasteiger partial charge in [0.1, 0.15) is 5.15 Å². The summed E-state index contributed by atoms with van der Waals surface area (Å²) in [6, 6.07) is 1.92. The first-order valence-electron chi connectivity index (χ1n) is 6.38. The van der Waals surface area contributed by atoms with Gasteiger partial charge >= 0.3 is 7.12 Å². The molecular formula is C14H19BClNO2. The van der Waals surface area contributed by atoms with Crippen LogP contribution in [-0.4, -0.2) is 23.3 Å². The normalized spacial score (nSPS) is 21.3. The van der Waals surface area contributed by atoms with Crippen LogP contribution in [0.1, 0.15) is 38.8 Å². The Hall–Kier alpha value is -0.835.